The van der Waals surface area contributed by atoms with Crippen molar-refractivity contribution in [1.82, 2.24) is 4.98 Å². The van der Waals surface area contributed by atoms with Gasteiger partial charge in [-0.2, -0.15) is 10.5 Å². The standard InChI is InChI=1S/C15H11N3O3/c1-20-13-4-3-9(6-14(13)21-2)12-5-10(7-16)11(8-17)15(19)18-12/h3-6H,1-2H3,(H,18,19). The van der Waals surface area contributed by atoms with E-state index in [0.29, 0.717) is 22.8 Å². The number of aromatic nitrogens is 1. The smallest absolute Gasteiger partial charge is 0.267 e. The Morgan fingerprint density at radius 1 is 1.05 bits per heavy atom. The number of nitriles is 2. The normalized spacial score (nSPS) is 9.52. The van der Waals surface area contributed by atoms with E-state index in [1.165, 1.54) is 20.3 Å². The van der Waals surface area contributed by atoms with Gasteiger partial charge in [0.2, 0.25) is 0 Å². The van der Waals surface area contributed by atoms with Gasteiger partial charge in [0.05, 0.1) is 19.8 Å². The highest BCUT2D eigenvalue weighted by atomic mass is 16.5. The Bertz CT molecular complexity index is 826. The molecule has 21 heavy (non-hydrogen) atoms. The molecule has 0 bridgehead atoms. The third kappa shape index (κ3) is 2.56. The molecule has 0 unspecified atom stereocenters. The zero-order chi connectivity index (χ0) is 15.4. The Labute approximate surface area is 120 Å². The molecule has 0 atom stereocenters. The lowest BCUT2D eigenvalue weighted by molar-refractivity contribution is 0.355. The third-order valence-corrected chi connectivity index (χ3v) is 2.96. The van der Waals surface area contributed by atoms with Crippen molar-refractivity contribution < 1.29 is 9.47 Å². The lowest BCUT2D eigenvalue weighted by Crippen LogP contribution is -2.13. The van der Waals surface area contributed by atoms with E-state index in [9.17, 15) is 4.79 Å². The first-order valence-electron chi connectivity index (χ1n) is 5.94. The lowest BCUT2D eigenvalue weighted by Gasteiger charge is -2.10. The predicted octanol–water partition coefficient (Wildman–Crippen LogP) is 1.80. The van der Waals surface area contributed by atoms with Crippen LogP contribution in [0.15, 0.2) is 29.1 Å². The highest BCUT2D eigenvalue weighted by molar-refractivity contribution is 5.66. The van der Waals surface area contributed by atoms with Crippen molar-refractivity contribution in [3.63, 3.8) is 0 Å². The van der Waals surface area contributed by atoms with Crippen LogP contribution in [-0.4, -0.2) is 19.2 Å². The summed E-state index contributed by atoms with van der Waals surface area (Å²) in [5.74, 6) is 1.05. The van der Waals surface area contributed by atoms with E-state index in [1.807, 2.05) is 6.07 Å². The number of ether oxygens (including phenoxy) is 2. The molecule has 0 aliphatic rings. The second-order valence-electron chi connectivity index (χ2n) is 4.09. The highest BCUT2D eigenvalue weighted by Gasteiger charge is 2.12. The molecule has 1 heterocycles. The van der Waals surface area contributed by atoms with Crippen molar-refractivity contribution in [1.29, 1.82) is 10.5 Å². The Balaban J connectivity index is 2.64. The minimum absolute atomic E-state index is 0.0334. The van der Waals surface area contributed by atoms with Crippen LogP contribution in [-0.2, 0) is 0 Å². The summed E-state index contributed by atoms with van der Waals surface area (Å²) < 4.78 is 10.3. The van der Waals surface area contributed by atoms with Crippen molar-refractivity contribution in [3.8, 4) is 34.9 Å². The topological polar surface area (TPSA) is 98.9 Å². The van der Waals surface area contributed by atoms with E-state index < -0.39 is 5.56 Å². The molecule has 0 fully saturated rings. The summed E-state index contributed by atoms with van der Waals surface area (Å²) in [5.41, 5.74) is 0.316. The number of aromatic amines is 1. The largest absolute Gasteiger partial charge is 0.493 e. The van der Waals surface area contributed by atoms with Gasteiger partial charge in [-0.1, -0.05) is 0 Å². The first-order chi connectivity index (χ1) is 10.1. The number of H-pyrrole nitrogens is 1. The maximum Gasteiger partial charge on any atom is 0.267 e. The van der Waals surface area contributed by atoms with E-state index in [2.05, 4.69) is 4.98 Å². The summed E-state index contributed by atoms with van der Waals surface area (Å²) >= 11 is 0. The van der Waals surface area contributed by atoms with Crippen molar-refractivity contribution in [2.24, 2.45) is 0 Å². The van der Waals surface area contributed by atoms with Crippen LogP contribution < -0.4 is 15.0 Å². The maximum absolute atomic E-state index is 11.8. The Hall–Kier alpha value is -3.25. The number of methoxy groups -OCH3 is 2. The fraction of sp³-hybridized carbons (Fsp3) is 0.133. The minimum atomic E-state index is -0.596. The van der Waals surface area contributed by atoms with Crippen molar-refractivity contribution >= 4 is 0 Å². The van der Waals surface area contributed by atoms with Crippen molar-refractivity contribution in [3.05, 3.63) is 45.7 Å². The number of nitrogens with one attached hydrogen (secondary N) is 1. The molecule has 2 rings (SSSR count). The molecular formula is C15H11N3O3. The fourth-order valence-electron chi connectivity index (χ4n) is 1.92. The average molecular weight is 281 g/mol. The number of pyridine rings is 1. The van der Waals surface area contributed by atoms with Crippen LogP contribution in [0.25, 0.3) is 11.3 Å². The van der Waals surface area contributed by atoms with E-state index in [-0.39, 0.29) is 11.1 Å². The summed E-state index contributed by atoms with van der Waals surface area (Å²) in [5, 5.41) is 17.9. The summed E-state index contributed by atoms with van der Waals surface area (Å²) in [6.45, 7) is 0. The van der Waals surface area contributed by atoms with Crippen LogP contribution in [0.5, 0.6) is 11.5 Å². The molecule has 0 amide bonds. The fourth-order valence-corrected chi connectivity index (χ4v) is 1.92. The monoisotopic (exact) mass is 281 g/mol. The summed E-state index contributed by atoms with van der Waals surface area (Å²) in [6.07, 6.45) is 0. The molecular weight excluding hydrogens is 270 g/mol. The van der Waals surface area contributed by atoms with Crippen LogP contribution in [0.1, 0.15) is 11.1 Å². The summed E-state index contributed by atoms with van der Waals surface area (Å²) in [6, 6.07) is 10.1. The molecule has 0 aliphatic carbocycles. The Morgan fingerprint density at radius 2 is 1.76 bits per heavy atom. The van der Waals surface area contributed by atoms with Gasteiger partial charge in [-0.05, 0) is 24.3 Å². The molecule has 1 aromatic heterocycles. The van der Waals surface area contributed by atoms with Gasteiger partial charge < -0.3 is 14.5 Å². The minimum Gasteiger partial charge on any atom is -0.493 e. The van der Waals surface area contributed by atoms with Gasteiger partial charge in [0.15, 0.2) is 11.5 Å². The molecule has 0 saturated carbocycles. The molecule has 0 aliphatic heterocycles. The SMILES string of the molecule is COc1ccc(-c2cc(C#N)c(C#N)c(=O)[nH]2)cc1OC. The Morgan fingerprint density at radius 3 is 2.33 bits per heavy atom. The van der Waals surface area contributed by atoms with E-state index in [0.717, 1.165) is 0 Å². The second-order valence-corrected chi connectivity index (χ2v) is 4.09. The van der Waals surface area contributed by atoms with Gasteiger partial charge in [0, 0.05) is 11.3 Å². The number of benzene rings is 1. The first kappa shape index (κ1) is 14.2. The maximum atomic E-state index is 11.8. The number of hydrogen-bond acceptors (Lipinski definition) is 5. The molecule has 1 N–H and O–H groups in total. The second kappa shape index (κ2) is 5.81. The molecule has 0 spiro atoms. The van der Waals surface area contributed by atoms with Gasteiger partial charge in [-0.15, -0.1) is 0 Å². The van der Waals surface area contributed by atoms with E-state index >= 15 is 0 Å². The zero-order valence-electron chi connectivity index (χ0n) is 11.4. The quantitative estimate of drug-likeness (QED) is 0.924. The van der Waals surface area contributed by atoms with Gasteiger partial charge in [-0.3, -0.25) is 4.79 Å². The van der Waals surface area contributed by atoms with Crippen LogP contribution in [0.4, 0.5) is 0 Å². The lowest BCUT2D eigenvalue weighted by atomic mass is 10.1. The zero-order valence-corrected chi connectivity index (χ0v) is 11.4. The van der Waals surface area contributed by atoms with Crippen LogP contribution >= 0.6 is 0 Å². The average Bonchev–Trinajstić information content (AvgIpc) is 2.53. The molecule has 0 radical (unpaired) electrons. The van der Waals surface area contributed by atoms with Crippen LogP contribution in [0.3, 0.4) is 0 Å². The highest BCUT2D eigenvalue weighted by Crippen LogP contribution is 2.31. The molecule has 104 valence electrons. The molecule has 1 aromatic carbocycles. The molecule has 6 heteroatoms. The van der Waals surface area contributed by atoms with Gasteiger partial charge in [-0.25, -0.2) is 0 Å². The third-order valence-electron chi connectivity index (χ3n) is 2.96. The van der Waals surface area contributed by atoms with Gasteiger partial charge in [0.1, 0.15) is 17.7 Å². The summed E-state index contributed by atoms with van der Waals surface area (Å²) in [4.78, 5) is 14.4. The van der Waals surface area contributed by atoms with Crippen LogP contribution in [0.2, 0.25) is 0 Å². The van der Waals surface area contributed by atoms with Crippen molar-refractivity contribution in [2.75, 3.05) is 14.2 Å². The van der Waals surface area contributed by atoms with Crippen molar-refractivity contribution in [2.45, 2.75) is 0 Å². The predicted molar refractivity (Wildman–Crippen MR) is 75.0 cm³/mol. The Kier molecular flexibility index (Phi) is 3.92. The molecule has 6 nitrogen and oxygen atoms in total. The van der Waals surface area contributed by atoms with E-state index in [4.69, 9.17) is 20.0 Å². The van der Waals surface area contributed by atoms with E-state index in [1.54, 1.807) is 24.3 Å². The summed E-state index contributed by atoms with van der Waals surface area (Å²) in [7, 11) is 3.03. The van der Waals surface area contributed by atoms with Gasteiger partial charge in [0.25, 0.3) is 5.56 Å². The number of hydrogen-bond donors (Lipinski definition) is 1. The van der Waals surface area contributed by atoms with Crippen LogP contribution in [0, 0.1) is 22.7 Å². The van der Waals surface area contributed by atoms with Gasteiger partial charge >= 0.3 is 0 Å². The number of nitrogens with zero attached hydrogens (tertiary/aromatic N) is 2. The first-order valence-corrected chi connectivity index (χ1v) is 5.94. The molecule has 0 saturated heterocycles. The molecule has 2 aromatic rings. The number of rotatable bonds is 3.